The van der Waals surface area contributed by atoms with Crippen molar-refractivity contribution in [2.24, 2.45) is 0 Å². The first-order valence-corrected chi connectivity index (χ1v) is 30.0. The molecule has 0 aliphatic rings. The maximum Gasteiger partial charge on any atom is 0.159 e. The predicted molar refractivity (Wildman–Crippen MR) is 364 cm³/mol. The summed E-state index contributed by atoms with van der Waals surface area (Å²) in [5, 5.41) is 12.2. The van der Waals surface area contributed by atoms with E-state index < -0.39 is 0 Å². The zero-order chi connectivity index (χ0) is 57.6. The van der Waals surface area contributed by atoms with Crippen LogP contribution in [0.2, 0.25) is 0 Å². The molecule has 4 nitrogen and oxygen atoms in total. The minimum Gasteiger partial charge on any atom is -0.454 e. The van der Waals surface area contributed by atoms with Crippen LogP contribution in [0.1, 0.15) is 50.7 Å². The highest BCUT2D eigenvalue weighted by Gasteiger charge is 2.26. The second kappa shape index (κ2) is 20.6. The van der Waals surface area contributed by atoms with Crippen LogP contribution >= 0.6 is 0 Å². The third-order valence-corrected chi connectivity index (χ3v) is 17.8. The van der Waals surface area contributed by atoms with Crippen LogP contribution in [0.25, 0.3) is 121 Å². The van der Waals surface area contributed by atoms with E-state index >= 15 is 0 Å². The Bertz CT molecular complexity index is 4900. The van der Waals surface area contributed by atoms with Crippen molar-refractivity contribution in [1.29, 1.82) is 0 Å². The fourth-order valence-corrected chi connectivity index (χ4v) is 13.8. The van der Waals surface area contributed by atoms with E-state index in [1.165, 1.54) is 65.7 Å². The number of hydrogen-bond acceptors (Lipinski definition) is 4. The first kappa shape index (κ1) is 51.0. The Morgan fingerprint density at radius 1 is 0.256 bits per heavy atom. The lowest BCUT2D eigenvalue weighted by atomic mass is 9.81. The molecule has 0 radical (unpaired) electrons. The zero-order valence-corrected chi connectivity index (χ0v) is 48.4. The molecule has 0 spiro atoms. The Labute approximate surface area is 500 Å². The Kier molecular flexibility index (Phi) is 12.2. The summed E-state index contributed by atoms with van der Waals surface area (Å²) in [5.74, 6) is 0.563. The molecule has 0 bridgehead atoms. The van der Waals surface area contributed by atoms with E-state index in [1.807, 2.05) is 12.1 Å². The summed E-state index contributed by atoms with van der Waals surface area (Å²) in [6.07, 6.45) is 0. The summed E-state index contributed by atoms with van der Waals surface area (Å²) < 4.78 is 13.6. The molecule has 0 saturated heterocycles. The Hall–Kier alpha value is -10.7. The molecule has 0 fully saturated rings. The summed E-state index contributed by atoms with van der Waals surface area (Å²) in [4.78, 5) is 4.76. The van der Waals surface area contributed by atoms with Crippen molar-refractivity contribution >= 4 is 110 Å². The topological polar surface area (TPSA) is 32.8 Å². The van der Waals surface area contributed by atoms with Crippen LogP contribution in [0.15, 0.2) is 288 Å². The van der Waals surface area contributed by atoms with Crippen LogP contribution in [0.5, 0.6) is 0 Å². The normalized spacial score (nSPS) is 11.9. The number of fused-ring (bicyclic) bond motifs is 6. The second-order valence-electron chi connectivity index (χ2n) is 23.4. The van der Waals surface area contributed by atoms with Crippen molar-refractivity contribution in [2.45, 2.75) is 39.5 Å². The van der Waals surface area contributed by atoms with Gasteiger partial charge in [-0.25, -0.2) is 0 Å². The van der Waals surface area contributed by atoms with Gasteiger partial charge in [-0.05, 0) is 161 Å². The number of benzene rings is 14. The Morgan fingerprint density at radius 3 is 1.01 bits per heavy atom. The number of anilines is 6. The molecule has 410 valence electrons. The van der Waals surface area contributed by atoms with Crippen LogP contribution in [-0.2, 0) is 0 Å². The molecule has 0 amide bonds. The van der Waals surface area contributed by atoms with Gasteiger partial charge in [-0.1, -0.05) is 234 Å². The van der Waals surface area contributed by atoms with Crippen LogP contribution in [0.4, 0.5) is 34.1 Å². The van der Waals surface area contributed by atoms with Crippen molar-refractivity contribution in [3.05, 3.63) is 290 Å². The lowest BCUT2D eigenvalue weighted by Crippen LogP contribution is -2.11. The lowest BCUT2D eigenvalue weighted by molar-refractivity contribution is 0.668. The molecule has 2 aromatic heterocycles. The van der Waals surface area contributed by atoms with Gasteiger partial charge >= 0.3 is 0 Å². The monoisotopic (exact) mass is 1100 g/mol. The van der Waals surface area contributed by atoms with Crippen LogP contribution in [0.3, 0.4) is 0 Å². The maximum atomic E-state index is 6.79. The van der Waals surface area contributed by atoms with Gasteiger partial charge in [0.2, 0.25) is 0 Å². The molecule has 0 atom stereocenters. The molecule has 0 saturated carbocycles. The van der Waals surface area contributed by atoms with Crippen LogP contribution in [0, 0.1) is 0 Å². The van der Waals surface area contributed by atoms with Crippen LogP contribution in [-0.4, -0.2) is 0 Å². The molecule has 0 aliphatic heterocycles. The molecule has 2 heterocycles. The first-order valence-electron chi connectivity index (χ1n) is 30.0. The summed E-state index contributed by atoms with van der Waals surface area (Å²) >= 11 is 0. The Morgan fingerprint density at radius 2 is 0.593 bits per heavy atom. The summed E-state index contributed by atoms with van der Waals surface area (Å²) in [6, 6.07) is 102. The fourth-order valence-electron chi connectivity index (χ4n) is 13.8. The van der Waals surface area contributed by atoms with E-state index in [0.717, 1.165) is 100 Å². The Balaban J connectivity index is 0.853. The molecular weight excluding hydrogens is 1040 g/mol. The van der Waals surface area contributed by atoms with Gasteiger partial charge in [-0.3, -0.25) is 0 Å². The van der Waals surface area contributed by atoms with Gasteiger partial charge in [0, 0.05) is 44.0 Å². The number of rotatable bonds is 12. The molecule has 0 aliphatic carbocycles. The maximum absolute atomic E-state index is 6.79. The largest absolute Gasteiger partial charge is 0.454 e. The summed E-state index contributed by atoms with van der Waals surface area (Å²) in [7, 11) is 0. The molecule has 0 N–H and O–H groups in total. The highest BCUT2D eigenvalue weighted by molar-refractivity contribution is 6.29. The molecule has 16 aromatic rings. The van der Waals surface area contributed by atoms with Crippen molar-refractivity contribution < 1.29 is 8.83 Å². The van der Waals surface area contributed by atoms with Gasteiger partial charge in [-0.15, -0.1) is 0 Å². The van der Waals surface area contributed by atoms with Crippen molar-refractivity contribution in [1.82, 2.24) is 0 Å². The van der Waals surface area contributed by atoms with Crippen molar-refractivity contribution in [3.63, 3.8) is 0 Å². The summed E-state index contributed by atoms with van der Waals surface area (Å²) in [6.45, 7) is 9.34. The first-order chi connectivity index (χ1) is 42.3. The minimum absolute atomic E-state index is 0.281. The van der Waals surface area contributed by atoms with E-state index in [-0.39, 0.29) is 11.8 Å². The van der Waals surface area contributed by atoms with E-state index in [1.54, 1.807) is 0 Å². The van der Waals surface area contributed by atoms with E-state index in [2.05, 4.69) is 304 Å². The van der Waals surface area contributed by atoms with Gasteiger partial charge in [0.25, 0.3) is 0 Å². The zero-order valence-electron chi connectivity index (χ0n) is 48.4. The van der Waals surface area contributed by atoms with Gasteiger partial charge < -0.3 is 18.6 Å². The number of furan rings is 2. The van der Waals surface area contributed by atoms with Gasteiger partial charge in [0.05, 0.1) is 22.7 Å². The standard InChI is InChI=1S/C82H60N2O2/c1-51(2)69-49-71(55-37-41-57(42-38-55)83(73-31-15-11-25-59(73)53-21-7-5-8-22-53)75-33-19-29-67-61-27-13-17-35-77(61)85-81(67)75)65-48-46-64-70(52(3)4)50-72(66-47-45-63(69)79(65)80(64)66)56-39-43-58(44-40-56)84(74-32-16-12-26-60(74)54-23-9-6-10-24-54)76-34-20-30-68-62-28-14-18-36-78(62)86-82(68)76/h5-52H,1-4H3. The highest BCUT2D eigenvalue weighted by atomic mass is 16.3. The third-order valence-electron chi connectivity index (χ3n) is 17.8. The van der Waals surface area contributed by atoms with Crippen molar-refractivity contribution in [2.75, 3.05) is 9.80 Å². The van der Waals surface area contributed by atoms with E-state index in [0.29, 0.717) is 0 Å². The fraction of sp³-hybridized carbons (Fsp3) is 0.0732. The smallest absolute Gasteiger partial charge is 0.159 e. The average molecular weight is 1110 g/mol. The van der Waals surface area contributed by atoms with Gasteiger partial charge in [0.1, 0.15) is 11.2 Å². The quantitative estimate of drug-likeness (QED) is 0.114. The molecular formula is C82H60N2O2. The molecule has 0 unspecified atom stereocenters. The second-order valence-corrected chi connectivity index (χ2v) is 23.4. The number of para-hydroxylation sites is 6. The van der Waals surface area contributed by atoms with Gasteiger partial charge in [0.15, 0.2) is 11.2 Å². The molecule has 14 aromatic carbocycles. The van der Waals surface area contributed by atoms with E-state index in [9.17, 15) is 0 Å². The highest BCUT2D eigenvalue weighted by Crippen LogP contribution is 2.51. The molecule has 86 heavy (non-hydrogen) atoms. The lowest BCUT2D eigenvalue weighted by Gasteiger charge is -2.28. The number of nitrogens with zero attached hydrogens (tertiary/aromatic N) is 2. The van der Waals surface area contributed by atoms with E-state index in [4.69, 9.17) is 8.83 Å². The number of hydrogen-bond donors (Lipinski definition) is 0. The third kappa shape index (κ3) is 8.27. The molecule has 16 rings (SSSR count). The predicted octanol–water partition coefficient (Wildman–Crippen LogP) is 24.2. The van der Waals surface area contributed by atoms with Crippen LogP contribution < -0.4 is 9.80 Å². The average Bonchev–Trinajstić information content (AvgIpc) is 0.991. The SMILES string of the molecule is CC(C)c1cc(-c2ccc(N(c3ccccc3-c3ccccc3)c3cccc4c3oc3ccccc34)cc2)c2ccc3c(C(C)C)cc(-c4ccc(N(c5ccccc5-c5ccccc5)c5cccc6c5oc5ccccc56)cc4)c4ccc1c2c43. The summed E-state index contributed by atoms with van der Waals surface area (Å²) in [5.41, 5.74) is 21.7. The minimum atomic E-state index is 0.281. The molecule has 4 heteroatoms. The van der Waals surface area contributed by atoms with Gasteiger partial charge in [-0.2, -0.15) is 0 Å². The van der Waals surface area contributed by atoms with Crippen molar-refractivity contribution in [3.8, 4) is 44.5 Å².